The minimum Gasteiger partial charge on any atom is -0.497 e. The predicted molar refractivity (Wildman–Crippen MR) is 77.7 cm³/mol. The van der Waals surface area contributed by atoms with E-state index in [2.05, 4.69) is 11.4 Å². The average Bonchev–Trinajstić information content (AvgIpc) is 3.26. The summed E-state index contributed by atoms with van der Waals surface area (Å²) in [7, 11) is 1.65. The largest absolute Gasteiger partial charge is 0.497 e. The monoisotopic (exact) mass is 277 g/mol. The molecule has 0 aromatic heterocycles. The molecule has 20 heavy (non-hydrogen) atoms. The molecule has 1 aromatic rings. The molecular weight excluding hydrogens is 254 g/mol. The molecule has 1 amide bonds. The van der Waals surface area contributed by atoms with Gasteiger partial charge in [0.1, 0.15) is 5.75 Å². The van der Waals surface area contributed by atoms with Gasteiger partial charge in [0.2, 0.25) is 5.91 Å². The Morgan fingerprint density at radius 1 is 1.55 bits per heavy atom. The zero-order chi connectivity index (χ0) is 14.5. The van der Waals surface area contributed by atoms with Crippen molar-refractivity contribution in [2.24, 2.45) is 11.8 Å². The SMILES string of the molecule is COc1cccc(C2CC2C(=O)NCC(C)CCO)c1. The maximum Gasteiger partial charge on any atom is 0.223 e. The van der Waals surface area contributed by atoms with E-state index in [4.69, 9.17) is 9.84 Å². The van der Waals surface area contributed by atoms with E-state index in [0.29, 0.717) is 18.4 Å². The highest BCUT2D eigenvalue weighted by molar-refractivity contribution is 5.82. The molecule has 2 N–H and O–H groups in total. The Morgan fingerprint density at radius 2 is 2.35 bits per heavy atom. The van der Waals surface area contributed by atoms with Gasteiger partial charge in [0.25, 0.3) is 0 Å². The molecule has 1 fully saturated rings. The van der Waals surface area contributed by atoms with Crippen LogP contribution in [0.25, 0.3) is 0 Å². The Balaban J connectivity index is 1.83. The molecule has 110 valence electrons. The molecule has 4 heteroatoms. The quantitative estimate of drug-likeness (QED) is 0.800. The molecule has 3 unspecified atom stereocenters. The first kappa shape index (κ1) is 14.9. The summed E-state index contributed by atoms with van der Waals surface area (Å²) < 4.78 is 5.21. The lowest BCUT2D eigenvalue weighted by molar-refractivity contribution is -0.122. The van der Waals surface area contributed by atoms with Crippen LogP contribution in [0.4, 0.5) is 0 Å². The van der Waals surface area contributed by atoms with E-state index in [9.17, 15) is 4.79 Å². The molecule has 0 saturated heterocycles. The average molecular weight is 277 g/mol. The van der Waals surface area contributed by atoms with Crippen LogP contribution in [-0.4, -0.2) is 31.3 Å². The van der Waals surface area contributed by atoms with E-state index in [1.54, 1.807) is 7.11 Å². The van der Waals surface area contributed by atoms with Gasteiger partial charge in [-0.1, -0.05) is 19.1 Å². The zero-order valence-electron chi connectivity index (χ0n) is 12.1. The maximum absolute atomic E-state index is 12.0. The molecule has 4 nitrogen and oxygen atoms in total. The molecule has 0 spiro atoms. The smallest absolute Gasteiger partial charge is 0.223 e. The molecule has 0 aliphatic heterocycles. The van der Waals surface area contributed by atoms with E-state index in [0.717, 1.165) is 18.6 Å². The minimum atomic E-state index is 0.0865. The van der Waals surface area contributed by atoms with Gasteiger partial charge in [0, 0.05) is 19.1 Å². The molecule has 1 aliphatic carbocycles. The van der Waals surface area contributed by atoms with E-state index in [1.807, 2.05) is 25.1 Å². The summed E-state index contributed by atoms with van der Waals surface area (Å²) >= 11 is 0. The normalized spacial score (nSPS) is 22.1. The summed E-state index contributed by atoms with van der Waals surface area (Å²) in [6, 6.07) is 7.93. The van der Waals surface area contributed by atoms with E-state index >= 15 is 0 Å². The summed E-state index contributed by atoms with van der Waals surface area (Å²) in [4.78, 5) is 12.0. The molecule has 1 saturated carbocycles. The lowest BCUT2D eigenvalue weighted by atomic mass is 10.1. The van der Waals surface area contributed by atoms with E-state index in [1.165, 1.54) is 5.56 Å². The fraction of sp³-hybridized carbons (Fsp3) is 0.562. The van der Waals surface area contributed by atoms with Crippen molar-refractivity contribution in [1.82, 2.24) is 5.32 Å². The van der Waals surface area contributed by atoms with Crippen molar-refractivity contribution in [2.45, 2.75) is 25.7 Å². The first-order valence-corrected chi connectivity index (χ1v) is 7.18. The highest BCUT2D eigenvalue weighted by atomic mass is 16.5. The number of carbonyl (C=O) groups excluding carboxylic acids is 1. The second kappa shape index (κ2) is 6.75. The number of ether oxygens (including phenoxy) is 1. The van der Waals surface area contributed by atoms with Crippen molar-refractivity contribution in [1.29, 1.82) is 0 Å². The van der Waals surface area contributed by atoms with Crippen molar-refractivity contribution in [3.8, 4) is 5.75 Å². The summed E-state index contributed by atoms with van der Waals surface area (Å²) in [5.74, 6) is 1.69. The van der Waals surface area contributed by atoms with E-state index in [-0.39, 0.29) is 18.4 Å². The van der Waals surface area contributed by atoms with Gasteiger partial charge >= 0.3 is 0 Å². The zero-order valence-corrected chi connectivity index (χ0v) is 12.1. The fourth-order valence-electron chi connectivity index (χ4n) is 2.45. The number of hydrogen-bond acceptors (Lipinski definition) is 3. The number of aliphatic hydroxyl groups is 1. The summed E-state index contributed by atoms with van der Waals surface area (Å²) in [5.41, 5.74) is 1.17. The first-order valence-electron chi connectivity index (χ1n) is 7.18. The molecule has 0 radical (unpaired) electrons. The van der Waals surface area contributed by atoms with Crippen LogP contribution < -0.4 is 10.1 Å². The van der Waals surface area contributed by atoms with Gasteiger partial charge in [-0.05, 0) is 42.4 Å². The fourth-order valence-corrected chi connectivity index (χ4v) is 2.45. The summed E-state index contributed by atoms with van der Waals surface area (Å²) in [6.07, 6.45) is 1.64. The van der Waals surface area contributed by atoms with Crippen LogP contribution in [0.2, 0.25) is 0 Å². The Hall–Kier alpha value is -1.55. The van der Waals surface area contributed by atoms with Crippen molar-refractivity contribution in [2.75, 3.05) is 20.3 Å². The molecule has 3 atom stereocenters. The van der Waals surface area contributed by atoms with Crippen LogP contribution in [0.15, 0.2) is 24.3 Å². The van der Waals surface area contributed by atoms with E-state index < -0.39 is 0 Å². The molecule has 0 heterocycles. The topological polar surface area (TPSA) is 58.6 Å². The minimum absolute atomic E-state index is 0.0865. The number of benzene rings is 1. The number of hydrogen-bond donors (Lipinski definition) is 2. The molecule has 0 bridgehead atoms. The van der Waals surface area contributed by atoms with Crippen LogP contribution in [0, 0.1) is 11.8 Å². The number of nitrogens with one attached hydrogen (secondary N) is 1. The second-order valence-corrected chi connectivity index (χ2v) is 5.59. The van der Waals surface area contributed by atoms with Crippen LogP contribution in [-0.2, 0) is 4.79 Å². The van der Waals surface area contributed by atoms with Gasteiger partial charge < -0.3 is 15.2 Å². The van der Waals surface area contributed by atoms with Gasteiger partial charge in [-0.3, -0.25) is 4.79 Å². The van der Waals surface area contributed by atoms with Crippen LogP contribution in [0.3, 0.4) is 0 Å². The lowest BCUT2D eigenvalue weighted by Gasteiger charge is -2.11. The van der Waals surface area contributed by atoms with Crippen molar-refractivity contribution < 1.29 is 14.6 Å². The molecule has 1 aliphatic rings. The van der Waals surface area contributed by atoms with Gasteiger partial charge in [0.05, 0.1) is 7.11 Å². The summed E-state index contributed by atoms with van der Waals surface area (Å²) in [6.45, 7) is 2.84. The van der Waals surface area contributed by atoms with Crippen LogP contribution in [0.5, 0.6) is 5.75 Å². The lowest BCUT2D eigenvalue weighted by Crippen LogP contribution is -2.30. The number of aliphatic hydroxyl groups excluding tert-OH is 1. The van der Waals surface area contributed by atoms with Crippen LogP contribution in [0.1, 0.15) is 31.2 Å². The van der Waals surface area contributed by atoms with Gasteiger partial charge in [0.15, 0.2) is 0 Å². The first-order chi connectivity index (χ1) is 9.65. The number of amides is 1. The van der Waals surface area contributed by atoms with Crippen molar-refractivity contribution in [3.63, 3.8) is 0 Å². The standard InChI is InChI=1S/C16H23NO3/c1-11(6-7-18)10-17-16(19)15-9-14(15)12-4-3-5-13(8-12)20-2/h3-5,8,11,14-15,18H,6-7,9-10H2,1-2H3,(H,17,19). The van der Waals surface area contributed by atoms with Crippen molar-refractivity contribution >= 4 is 5.91 Å². The number of rotatable bonds is 7. The Kier molecular flexibility index (Phi) is 5.01. The third-order valence-corrected chi connectivity index (χ3v) is 3.90. The summed E-state index contributed by atoms with van der Waals surface area (Å²) in [5, 5.41) is 11.8. The molecule has 1 aromatic carbocycles. The van der Waals surface area contributed by atoms with Gasteiger partial charge in [-0.15, -0.1) is 0 Å². The highest BCUT2D eigenvalue weighted by Crippen LogP contribution is 2.48. The Bertz CT molecular complexity index is 461. The number of methoxy groups -OCH3 is 1. The highest BCUT2D eigenvalue weighted by Gasteiger charge is 2.43. The maximum atomic E-state index is 12.0. The third kappa shape index (κ3) is 3.73. The second-order valence-electron chi connectivity index (χ2n) is 5.59. The molecule has 2 rings (SSSR count). The van der Waals surface area contributed by atoms with Gasteiger partial charge in [-0.2, -0.15) is 0 Å². The van der Waals surface area contributed by atoms with Crippen LogP contribution >= 0.6 is 0 Å². The number of carbonyl (C=O) groups is 1. The van der Waals surface area contributed by atoms with Crippen molar-refractivity contribution in [3.05, 3.63) is 29.8 Å². The van der Waals surface area contributed by atoms with Gasteiger partial charge in [-0.25, -0.2) is 0 Å². The molecular formula is C16H23NO3. The predicted octanol–water partition coefficient (Wildman–Crippen LogP) is 1.93. The third-order valence-electron chi connectivity index (χ3n) is 3.90. The Morgan fingerprint density at radius 3 is 3.05 bits per heavy atom. The Labute approximate surface area is 120 Å².